The third-order valence-electron chi connectivity index (χ3n) is 3.83. The minimum atomic E-state index is -0.390. The number of amides is 1. The molecule has 1 aliphatic carbocycles. The number of nitrogens with zero attached hydrogens (tertiary/aromatic N) is 3. The number of hydrogen-bond acceptors (Lipinski definition) is 5. The van der Waals surface area contributed by atoms with Gasteiger partial charge in [-0.3, -0.25) is 14.6 Å². The number of ketones is 1. The van der Waals surface area contributed by atoms with Crippen LogP contribution in [0.4, 0.5) is 5.69 Å². The van der Waals surface area contributed by atoms with E-state index in [1.165, 1.54) is 0 Å². The highest BCUT2D eigenvalue weighted by Gasteiger charge is 2.42. The second-order valence-corrected chi connectivity index (χ2v) is 4.98. The molecule has 2 aromatic rings. The molecule has 4 rings (SSSR count). The van der Waals surface area contributed by atoms with Crippen LogP contribution in [0.15, 0.2) is 58.5 Å². The lowest BCUT2D eigenvalue weighted by Crippen LogP contribution is -2.04. The summed E-state index contributed by atoms with van der Waals surface area (Å²) in [6.45, 7) is 0. The van der Waals surface area contributed by atoms with Crippen LogP contribution in [0.1, 0.15) is 27.5 Å². The molecule has 1 amide bonds. The van der Waals surface area contributed by atoms with E-state index in [2.05, 4.69) is 20.5 Å². The van der Waals surface area contributed by atoms with E-state index in [0.29, 0.717) is 28.9 Å². The number of azo groups is 1. The van der Waals surface area contributed by atoms with E-state index in [4.69, 9.17) is 0 Å². The van der Waals surface area contributed by atoms with Crippen LogP contribution in [-0.4, -0.2) is 17.2 Å². The molecule has 2 heterocycles. The lowest BCUT2D eigenvalue weighted by atomic mass is 10.0. The van der Waals surface area contributed by atoms with Gasteiger partial charge in [-0.05, 0) is 23.8 Å². The Morgan fingerprint density at radius 3 is 2.73 bits per heavy atom. The Balaban J connectivity index is 1.91. The summed E-state index contributed by atoms with van der Waals surface area (Å²) in [6, 6.07) is 8.54. The molecule has 1 aromatic heterocycles. The van der Waals surface area contributed by atoms with Crippen molar-refractivity contribution < 1.29 is 9.59 Å². The van der Waals surface area contributed by atoms with Gasteiger partial charge in [-0.1, -0.05) is 12.1 Å². The largest absolute Gasteiger partial charge is 0.328 e. The normalized spacial score (nSPS) is 18.4. The highest BCUT2D eigenvalue weighted by Crippen LogP contribution is 2.48. The minimum absolute atomic E-state index is 0.137. The molecule has 6 heteroatoms. The summed E-state index contributed by atoms with van der Waals surface area (Å²) in [5.41, 5.74) is 3.72. The third kappa shape index (κ3) is 1.64. The summed E-state index contributed by atoms with van der Waals surface area (Å²) in [7, 11) is 0. The third-order valence-corrected chi connectivity index (χ3v) is 3.83. The van der Waals surface area contributed by atoms with Gasteiger partial charge in [0, 0.05) is 18.0 Å². The molecule has 0 saturated carbocycles. The topological polar surface area (TPSA) is 83.8 Å². The number of benzene rings is 1. The molecular weight excluding hydrogens is 280 g/mol. The van der Waals surface area contributed by atoms with Gasteiger partial charge in [-0.15, -0.1) is 0 Å². The maximum Gasteiger partial charge on any atom is 0.211 e. The van der Waals surface area contributed by atoms with Crippen molar-refractivity contribution in [3.05, 3.63) is 65.0 Å². The summed E-state index contributed by atoms with van der Waals surface area (Å²) in [5, 5.41) is 11.0. The van der Waals surface area contributed by atoms with E-state index < -0.39 is 0 Å². The molecular formula is C16H10N4O2. The Morgan fingerprint density at radius 1 is 1.14 bits per heavy atom. The molecule has 6 nitrogen and oxygen atoms in total. The fraction of sp³-hybridized carbons (Fsp3) is 0.0625. The number of pyridine rings is 1. The number of fused-ring (bicyclic) bond motifs is 3. The Labute approximate surface area is 125 Å². The van der Waals surface area contributed by atoms with Crippen LogP contribution in [0.25, 0.3) is 5.70 Å². The van der Waals surface area contributed by atoms with Gasteiger partial charge in [0.2, 0.25) is 6.41 Å². The zero-order chi connectivity index (χ0) is 15.1. The number of aromatic nitrogens is 1. The molecule has 106 valence electrons. The molecule has 0 radical (unpaired) electrons. The fourth-order valence-corrected chi connectivity index (χ4v) is 2.90. The number of anilines is 1. The number of nitrogens with one attached hydrogen (secondary N) is 1. The van der Waals surface area contributed by atoms with Gasteiger partial charge in [0.25, 0.3) is 0 Å². The molecule has 1 atom stereocenters. The van der Waals surface area contributed by atoms with Crippen molar-refractivity contribution >= 4 is 23.6 Å². The van der Waals surface area contributed by atoms with Gasteiger partial charge in [-0.2, -0.15) is 10.2 Å². The van der Waals surface area contributed by atoms with Crippen molar-refractivity contribution in [1.82, 2.24) is 4.98 Å². The summed E-state index contributed by atoms with van der Waals surface area (Å²) in [4.78, 5) is 27.5. The van der Waals surface area contributed by atoms with E-state index in [1.807, 2.05) is 6.07 Å². The van der Waals surface area contributed by atoms with E-state index in [0.717, 1.165) is 11.1 Å². The molecule has 0 bridgehead atoms. The molecule has 1 unspecified atom stereocenters. The number of hydrogen-bond donors (Lipinski definition) is 1. The van der Waals surface area contributed by atoms with Crippen molar-refractivity contribution in [3.8, 4) is 0 Å². The molecule has 0 fully saturated rings. The van der Waals surface area contributed by atoms with Crippen molar-refractivity contribution in [3.63, 3.8) is 0 Å². The zero-order valence-corrected chi connectivity index (χ0v) is 11.4. The Kier molecular flexibility index (Phi) is 2.69. The molecule has 2 aliphatic rings. The van der Waals surface area contributed by atoms with Crippen LogP contribution in [0.3, 0.4) is 0 Å². The number of carbonyl (C=O) groups is 2. The lowest BCUT2D eigenvalue weighted by Gasteiger charge is -2.05. The van der Waals surface area contributed by atoms with Gasteiger partial charge in [0.1, 0.15) is 11.7 Å². The SMILES string of the molecule is O=CNc1cccc2c1C(=O)C1=C(c3ccncc3)N=NC12. The standard InChI is InChI=1S/C16H10N4O2/c21-8-18-11-3-1-2-10-12(11)16(22)13-14(19-20-15(10)13)9-4-6-17-7-5-9/h1-8,15H,(H,18,21). The summed E-state index contributed by atoms with van der Waals surface area (Å²) < 4.78 is 0. The highest BCUT2D eigenvalue weighted by molar-refractivity contribution is 6.21. The van der Waals surface area contributed by atoms with E-state index in [9.17, 15) is 9.59 Å². The monoisotopic (exact) mass is 290 g/mol. The smallest absolute Gasteiger partial charge is 0.211 e. The molecule has 22 heavy (non-hydrogen) atoms. The van der Waals surface area contributed by atoms with Crippen LogP contribution in [0, 0.1) is 0 Å². The first kappa shape index (κ1) is 12.6. The quantitative estimate of drug-likeness (QED) is 0.882. The minimum Gasteiger partial charge on any atom is -0.328 e. The lowest BCUT2D eigenvalue weighted by molar-refractivity contribution is -0.105. The Bertz CT molecular complexity index is 856. The van der Waals surface area contributed by atoms with Crippen molar-refractivity contribution in [2.45, 2.75) is 6.04 Å². The van der Waals surface area contributed by atoms with E-state index in [1.54, 1.807) is 36.7 Å². The van der Waals surface area contributed by atoms with Crippen LogP contribution in [0.5, 0.6) is 0 Å². The predicted octanol–water partition coefficient (Wildman–Crippen LogP) is 2.76. The van der Waals surface area contributed by atoms with Crippen LogP contribution >= 0.6 is 0 Å². The second kappa shape index (κ2) is 4.70. The van der Waals surface area contributed by atoms with Gasteiger partial charge < -0.3 is 5.32 Å². The molecule has 1 aliphatic heterocycles. The van der Waals surface area contributed by atoms with E-state index in [-0.39, 0.29) is 11.8 Å². The summed E-state index contributed by atoms with van der Waals surface area (Å²) in [6.07, 6.45) is 3.87. The number of rotatable bonds is 3. The van der Waals surface area contributed by atoms with Gasteiger partial charge >= 0.3 is 0 Å². The van der Waals surface area contributed by atoms with Crippen molar-refractivity contribution in [2.24, 2.45) is 10.2 Å². The molecule has 1 N–H and O–H groups in total. The summed E-state index contributed by atoms with van der Waals surface area (Å²) in [5.74, 6) is -0.137. The number of Topliss-reactive ketones (excluding diaryl/α,β-unsaturated/α-hetero) is 1. The average molecular weight is 290 g/mol. The van der Waals surface area contributed by atoms with E-state index >= 15 is 0 Å². The zero-order valence-electron chi connectivity index (χ0n) is 11.4. The highest BCUT2D eigenvalue weighted by atomic mass is 16.1. The maximum absolute atomic E-state index is 12.8. The van der Waals surface area contributed by atoms with Crippen LogP contribution in [-0.2, 0) is 4.79 Å². The van der Waals surface area contributed by atoms with Crippen LogP contribution < -0.4 is 5.32 Å². The fourth-order valence-electron chi connectivity index (χ4n) is 2.90. The van der Waals surface area contributed by atoms with Crippen molar-refractivity contribution in [2.75, 3.05) is 5.32 Å². The van der Waals surface area contributed by atoms with Crippen molar-refractivity contribution in [1.29, 1.82) is 0 Å². The predicted molar refractivity (Wildman–Crippen MR) is 79.2 cm³/mol. The van der Waals surface area contributed by atoms with Gasteiger partial charge in [-0.25, -0.2) is 0 Å². The number of carbonyl (C=O) groups excluding carboxylic acids is 2. The molecule has 1 aromatic carbocycles. The first-order chi connectivity index (χ1) is 10.8. The molecule has 0 spiro atoms. The second-order valence-electron chi connectivity index (χ2n) is 4.98. The first-order valence-corrected chi connectivity index (χ1v) is 6.74. The van der Waals surface area contributed by atoms with Gasteiger partial charge in [0.05, 0.1) is 16.8 Å². The maximum atomic E-state index is 12.8. The average Bonchev–Trinajstić information content (AvgIpc) is 3.10. The molecule has 0 saturated heterocycles. The Morgan fingerprint density at radius 2 is 1.95 bits per heavy atom. The van der Waals surface area contributed by atoms with Crippen LogP contribution in [0.2, 0.25) is 0 Å². The Hall–Kier alpha value is -3.15. The first-order valence-electron chi connectivity index (χ1n) is 6.74. The van der Waals surface area contributed by atoms with Gasteiger partial charge in [0.15, 0.2) is 5.78 Å². The summed E-state index contributed by atoms with van der Waals surface area (Å²) >= 11 is 0.